The van der Waals surface area contributed by atoms with E-state index in [2.05, 4.69) is 17.2 Å². The zero-order chi connectivity index (χ0) is 15.7. The number of hydrogen-bond acceptors (Lipinski definition) is 3. The number of rotatable bonds is 3. The Morgan fingerprint density at radius 3 is 2.77 bits per heavy atom. The van der Waals surface area contributed by atoms with Crippen LogP contribution in [0.15, 0.2) is 24.5 Å². The number of amides is 1. The van der Waals surface area contributed by atoms with Gasteiger partial charge >= 0.3 is 0 Å². The van der Waals surface area contributed by atoms with Crippen molar-refractivity contribution in [1.29, 1.82) is 0 Å². The fraction of sp³-hybridized carbons (Fsp3) is 0.529. The highest BCUT2D eigenvalue weighted by Gasteiger charge is 2.28. The number of carbonyl (C=O) groups excluding carboxylic acids is 1. The first-order chi connectivity index (χ1) is 10.6. The summed E-state index contributed by atoms with van der Waals surface area (Å²) in [6.45, 7) is 2.06. The summed E-state index contributed by atoms with van der Waals surface area (Å²) >= 11 is 0. The van der Waals surface area contributed by atoms with E-state index in [-0.39, 0.29) is 17.9 Å². The molecular weight excluding hydrogens is 276 g/mol. The Morgan fingerprint density at radius 2 is 2.09 bits per heavy atom. The van der Waals surface area contributed by atoms with Gasteiger partial charge in [-0.1, -0.05) is 0 Å². The molecule has 1 unspecified atom stereocenters. The second-order valence-electron chi connectivity index (χ2n) is 6.48. The number of fused-ring (bicyclic) bond motifs is 1. The highest BCUT2D eigenvalue weighted by Crippen LogP contribution is 2.31. The molecule has 2 aromatic rings. The van der Waals surface area contributed by atoms with Crippen LogP contribution >= 0.6 is 0 Å². The highest BCUT2D eigenvalue weighted by molar-refractivity contribution is 6.01. The molecule has 1 amide bonds. The Kier molecular flexibility index (Phi) is 4.16. The fourth-order valence-electron chi connectivity index (χ4n) is 3.42. The Balaban J connectivity index is 1.69. The van der Waals surface area contributed by atoms with Crippen LogP contribution in [0.3, 0.4) is 0 Å². The SMILES string of the molecule is CC(N)C1CCC(C(=O)Nc2ccnc3c2ccn3C)CC1. The number of hydrogen-bond donors (Lipinski definition) is 2. The van der Waals surface area contributed by atoms with Crippen LogP contribution in [-0.2, 0) is 11.8 Å². The van der Waals surface area contributed by atoms with Crippen LogP contribution in [0.25, 0.3) is 11.0 Å². The van der Waals surface area contributed by atoms with Crippen molar-refractivity contribution in [3.05, 3.63) is 24.5 Å². The lowest BCUT2D eigenvalue weighted by Crippen LogP contribution is -2.33. The first-order valence-corrected chi connectivity index (χ1v) is 8.02. The molecule has 2 aromatic heterocycles. The Hall–Kier alpha value is -1.88. The predicted molar refractivity (Wildman–Crippen MR) is 88.4 cm³/mol. The first kappa shape index (κ1) is 15.0. The van der Waals surface area contributed by atoms with E-state index in [9.17, 15) is 4.79 Å². The van der Waals surface area contributed by atoms with Gasteiger partial charge in [-0.25, -0.2) is 4.98 Å². The summed E-state index contributed by atoms with van der Waals surface area (Å²) in [5.41, 5.74) is 7.71. The summed E-state index contributed by atoms with van der Waals surface area (Å²) < 4.78 is 1.96. The van der Waals surface area contributed by atoms with Crippen molar-refractivity contribution in [3.63, 3.8) is 0 Å². The molecule has 3 rings (SSSR count). The third-order valence-corrected chi connectivity index (χ3v) is 4.91. The van der Waals surface area contributed by atoms with Gasteiger partial charge in [0.2, 0.25) is 5.91 Å². The average Bonchev–Trinajstić information content (AvgIpc) is 2.90. The minimum atomic E-state index is 0.0990. The van der Waals surface area contributed by atoms with Gasteiger partial charge in [-0.05, 0) is 50.7 Å². The van der Waals surface area contributed by atoms with Crippen LogP contribution in [0.5, 0.6) is 0 Å². The van der Waals surface area contributed by atoms with E-state index >= 15 is 0 Å². The molecule has 1 saturated carbocycles. The molecule has 2 heterocycles. The van der Waals surface area contributed by atoms with Crippen molar-refractivity contribution in [3.8, 4) is 0 Å². The molecule has 3 N–H and O–H groups in total. The minimum Gasteiger partial charge on any atom is -0.336 e. The van der Waals surface area contributed by atoms with Crippen molar-refractivity contribution < 1.29 is 4.79 Å². The molecule has 0 saturated heterocycles. The quantitative estimate of drug-likeness (QED) is 0.915. The molecule has 0 radical (unpaired) electrons. The van der Waals surface area contributed by atoms with Crippen LogP contribution in [0.1, 0.15) is 32.6 Å². The van der Waals surface area contributed by atoms with Gasteiger partial charge in [-0.2, -0.15) is 0 Å². The molecule has 5 heteroatoms. The number of pyridine rings is 1. The van der Waals surface area contributed by atoms with Crippen molar-refractivity contribution in [1.82, 2.24) is 9.55 Å². The lowest BCUT2D eigenvalue weighted by molar-refractivity contribution is -0.121. The lowest BCUT2D eigenvalue weighted by Gasteiger charge is -2.30. The van der Waals surface area contributed by atoms with Crippen molar-refractivity contribution in [2.24, 2.45) is 24.6 Å². The Labute approximate surface area is 130 Å². The van der Waals surface area contributed by atoms with Crippen LogP contribution in [0.2, 0.25) is 0 Å². The van der Waals surface area contributed by atoms with Gasteiger partial charge in [0, 0.05) is 36.8 Å². The van der Waals surface area contributed by atoms with E-state index in [4.69, 9.17) is 5.73 Å². The van der Waals surface area contributed by atoms with Crippen LogP contribution in [0, 0.1) is 11.8 Å². The van der Waals surface area contributed by atoms with E-state index < -0.39 is 0 Å². The molecule has 1 atom stereocenters. The summed E-state index contributed by atoms with van der Waals surface area (Å²) in [5.74, 6) is 0.784. The van der Waals surface area contributed by atoms with Gasteiger partial charge in [0.05, 0.1) is 5.69 Å². The minimum absolute atomic E-state index is 0.0990. The summed E-state index contributed by atoms with van der Waals surface area (Å²) in [6, 6.07) is 4.09. The van der Waals surface area contributed by atoms with Gasteiger partial charge < -0.3 is 15.6 Å². The van der Waals surface area contributed by atoms with Gasteiger partial charge in [0.1, 0.15) is 5.65 Å². The molecule has 1 aliphatic carbocycles. The molecule has 1 aliphatic rings. The molecule has 0 spiro atoms. The fourth-order valence-corrected chi connectivity index (χ4v) is 3.42. The number of anilines is 1. The molecule has 1 fully saturated rings. The Morgan fingerprint density at radius 1 is 1.36 bits per heavy atom. The largest absolute Gasteiger partial charge is 0.336 e. The van der Waals surface area contributed by atoms with Crippen LogP contribution < -0.4 is 11.1 Å². The normalized spacial score (nSPS) is 23.4. The van der Waals surface area contributed by atoms with E-state index in [0.29, 0.717) is 5.92 Å². The smallest absolute Gasteiger partial charge is 0.227 e. The maximum Gasteiger partial charge on any atom is 0.227 e. The van der Waals surface area contributed by atoms with E-state index in [1.54, 1.807) is 6.20 Å². The second-order valence-corrected chi connectivity index (χ2v) is 6.48. The zero-order valence-corrected chi connectivity index (χ0v) is 13.2. The Bertz CT molecular complexity index is 668. The molecule has 0 bridgehead atoms. The van der Waals surface area contributed by atoms with E-state index in [1.807, 2.05) is 29.9 Å². The molecular formula is C17H24N4O. The maximum atomic E-state index is 12.5. The first-order valence-electron chi connectivity index (χ1n) is 8.02. The lowest BCUT2D eigenvalue weighted by atomic mass is 9.79. The summed E-state index contributed by atoms with van der Waals surface area (Å²) in [5, 5.41) is 4.08. The third-order valence-electron chi connectivity index (χ3n) is 4.91. The number of aromatic nitrogens is 2. The molecule has 22 heavy (non-hydrogen) atoms. The van der Waals surface area contributed by atoms with E-state index in [0.717, 1.165) is 42.4 Å². The van der Waals surface area contributed by atoms with Gasteiger partial charge in [0.15, 0.2) is 0 Å². The molecule has 0 aliphatic heterocycles. The predicted octanol–water partition coefficient (Wildman–Crippen LogP) is 2.67. The zero-order valence-electron chi connectivity index (χ0n) is 13.2. The van der Waals surface area contributed by atoms with Crippen molar-refractivity contribution in [2.75, 3.05) is 5.32 Å². The maximum absolute atomic E-state index is 12.5. The van der Waals surface area contributed by atoms with Gasteiger partial charge in [-0.15, -0.1) is 0 Å². The monoisotopic (exact) mass is 300 g/mol. The summed E-state index contributed by atoms with van der Waals surface area (Å²) in [4.78, 5) is 16.9. The summed E-state index contributed by atoms with van der Waals surface area (Å²) in [6.07, 6.45) is 7.66. The number of carbonyl (C=O) groups is 1. The van der Waals surface area contributed by atoms with Crippen molar-refractivity contribution >= 4 is 22.6 Å². The van der Waals surface area contributed by atoms with Gasteiger partial charge in [0.25, 0.3) is 0 Å². The average molecular weight is 300 g/mol. The molecule has 0 aromatic carbocycles. The molecule has 118 valence electrons. The van der Waals surface area contributed by atoms with Gasteiger partial charge in [-0.3, -0.25) is 4.79 Å². The number of aryl methyl sites for hydroxylation is 1. The third kappa shape index (κ3) is 2.86. The van der Waals surface area contributed by atoms with Crippen molar-refractivity contribution in [2.45, 2.75) is 38.6 Å². The highest BCUT2D eigenvalue weighted by atomic mass is 16.1. The molecule has 5 nitrogen and oxygen atoms in total. The summed E-state index contributed by atoms with van der Waals surface area (Å²) in [7, 11) is 1.95. The van der Waals surface area contributed by atoms with Crippen LogP contribution in [0.4, 0.5) is 5.69 Å². The standard InChI is InChI=1S/C17H24N4O/c1-11(18)12-3-5-13(6-4-12)17(22)20-15-7-9-19-16-14(15)8-10-21(16)2/h7-13H,3-6,18H2,1-2H3,(H,19,20,22). The number of nitrogens with two attached hydrogens (primary N) is 1. The topological polar surface area (TPSA) is 72.9 Å². The number of nitrogens with zero attached hydrogens (tertiary/aromatic N) is 2. The van der Waals surface area contributed by atoms with Crippen LogP contribution in [-0.4, -0.2) is 21.5 Å². The second kappa shape index (κ2) is 6.08. The number of nitrogens with one attached hydrogen (secondary N) is 1. The van der Waals surface area contributed by atoms with E-state index in [1.165, 1.54) is 0 Å².